The number of para-hydroxylation sites is 1. The van der Waals surface area contributed by atoms with E-state index in [-0.39, 0.29) is 18.4 Å². The first-order valence-electron chi connectivity index (χ1n) is 7.17. The number of carbonyl (C=O) groups excluding carboxylic acids is 2. The third-order valence-electron chi connectivity index (χ3n) is 3.13. The summed E-state index contributed by atoms with van der Waals surface area (Å²) in [6.45, 7) is 0.394. The van der Waals surface area contributed by atoms with Crippen LogP contribution in [0, 0.1) is 0 Å². The van der Waals surface area contributed by atoms with Gasteiger partial charge in [0.15, 0.2) is 0 Å². The summed E-state index contributed by atoms with van der Waals surface area (Å²) in [6.07, 6.45) is 0.484. The van der Waals surface area contributed by atoms with Gasteiger partial charge in [-0.25, -0.2) is 0 Å². The van der Waals surface area contributed by atoms with Crippen LogP contribution in [0.3, 0.4) is 0 Å². The van der Waals surface area contributed by atoms with E-state index in [1.54, 1.807) is 42.5 Å². The van der Waals surface area contributed by atoms with Gasteiger partial charge in [-0.2, -0.15) is 0 Å². The number of hydrogen-bond donors (Lipinski definition) is 3. The second-order valence-corrected chi connectivity index (χ2v) is 5.76. The van der Waals surface area contributed by atoms with Crippen LogP contribution in [0.15, 0.2) is 53.0 Å². The topological polar surface area (TPSA) is 78.4 Å². The molecule has 0 atom stereocenters. The molecule has 0 fully saturated rings. The molecule has 3 N–H and O–H groups in total. The van der Waals surface area contributed by atoms with Crippen molar-refractivity contribution in [2.75, 3.05) is 18.5 Å². The van der Waals surface area contributed by atoms with Gasteiger partial charge in [-0.3, -0.25) is 9.59 Å². The number of benzene rings is 2. The highest BCUT2D eigenvalue weighted by Crippen LogP contribution is 2.18. The lowest BCUT2D eigenvalue weighted by molar-refractivity contribution is 0.0952. The second-order valence-electron chi connectivity index (χ2n) is 4.84. The Morgan fingerprint density at radius 3 is 2.57 bits per heavy atom. The van der Waals surface area contributed by atoms with E-state index in [1.165, 1.54) is 0 Å². The van der Waals surface area contributed by atoms with Gasteiger partial charge in [-0.15, -0.1) is 0 Å². The molecule has 2 amide bonds. The Morgan fingerprint density at radius 2 is 1.83 bits per heavy atom. The Morgan fingerprint density at radius 1 is 1.04 bits per heavy atom. The minimum Gasteiger partial charge on any atom is -0.396 e. The first kappa shape index (κ1) is 17.2. The van der Waals surface area contributed by atoms with E-state index in [0.717, 1.165) is 4.47 Å². The van der Waals surface area contributed by atoms with E-state index in [9.17, 15) is 9.59 Å². The molecule has 0 unspecified atom stereocenters. The molecule has 0 heterocycles. The molecular formula is C17H17BrN2O3. The quantitative estimate of drug-likeness (QED) is 0.678. The summed E-state index contributed by atoms with van der Waals surface area (Å²) < 4.78 is 0.806. The first-order chi connectivity index (χ1) is 11.1. The average Bonchev–Trinajstić information content (AvgIpc) is 2.55. The number of anilines is 1. The van der Waals surface area contributed by atoms with Crippen LogP contribution < -0.4 is 10.6 Å². The normalized spacial score (nSPS) is 10.2. The van der Waals surface area contributed by atoms with Crippen molar-refractivity contribution in [2.45, 2.75) is 6.42 Å². The number of carbonyl (C=O) groups is 2. The van der Waals surface area contributed by atoms with Gasteiger partial charge in [0, 0.05) is 23.2 Å². The Hall–Kier alpha value is -2.18. The smallest absolute Gasteiger partial charge is 0.255 e. The lowest BCUT2D eigenvalue weighted by atomic mass is 10.1. The standard InChI is InChI=1S/C17H17BrN2O3/c18-13-6-3-5-12(11-13)16(22)20-15-8-2-1-7-14(15)17(23)19-9-4-10-21/h1-3,5-8,11,21H,4,9-10H2,(H,19,23)(H,20,22). The fourth-order valence-corrected chi connectivity index (χ4v) is 2.39. The third kappa shape index (κ3) is 4.91. The van der Waals surface area contributed by atoms with Gasteiger partial charge in [0.25, 0.3) is 11.8 Å². The number of rotatable bonds is 6. The monoisotopic (exact) mass is 376 g/mol. The van der Waals surface area contributed by atoms with Crippen molar-refractivity contribution < 1.29 is 14.7 Å². The SMILES string of the molecule is O=C(Nc1ccccc1C(=O)NCCCO)c1cccc(Br)c1. The van der Waals surface area contributed by atoms with Crippen LogP contribution in [-0.4, -0.2) is 30.1 Å². The van der Waals surface area contributed by atoms with Gasteiger partial charge in [0.1, 0.15) is 0 Å². The molecule has 2 aromatic rings. The van der Waals surface area contributed by atoms with Crippen molar-refractivity contribution in [3.63, 3.8) is 0 Å². The van der Waals surface area contributed by atoms with E-state index in [4.69, 9.17) is 5.11 Å². The Kier molecular flexibility index (Phi) is 6.31. The zero-order valence-corrected chi connectivity index (χ0v) is 14.0. The summed E-state index contributed by atoms with van der Waals surface area (Å²) in [7, 11) is 0. The summed E-state index contributed by atoms with van der Waals surface area (Å²) >= 11 is 3.32. The van der Waals surface area contributed by atoms with Crippen molar-refractivity contribution in [3.05, 3.63) is 64.1 Å². The summed E-state index contributed by atoms with van der Waals surface area (Å²) in [5.74, 6) is -0.578. The highest BCUT2D eigenvalue weighted by atomic mass is 79.9. The lowest BCUT2D eigenvalue weighted by Crippen LogP contribution is -2.26. The highest BCUT2D eigenvalue weighted by molar-refractivity contribution is 9.10. The molecule has 0 radical (unpaired) electrons. The molecule has 0 saturated heterocycles. The largest absolute Gasteiger partial charge is 0.396 e. The maximum Gasteiger partial charge on any atom is 0.255 e. The maximum atomic E-state index is 12.3. The third-order valence-corrected chi connectivity index (χ3v) is 3.62. The van der Waals surface area contributed by atoms with Crippen molar-refractivity contribution in [1.82, 2.24) is 5.32 Å². The molecule has 0 aliphatic rings. The minimum absolute atomic E-state index is 0.0154. The summed E-state index contributed by atoms with van der Waals surface area (Å²) in [5, 5.41) is 14.2. The molecule has 0 aromatic heterocycles. The van der Waals surface area contributed by atoms with Crippen molar-refractivity contribution in [3.8, 4) is 0 Å². The zero-order chi connectivity index (χ0) is 16.7. The van der Waals surface area contributed by atoms with E-state index >= 15 is 0 Å². The molecule has 2 rings (SSSR count). The Balaban J connectivity index is 2.14. The maximum absolute atomic E-state index is 12.3. The number of halogens is 1. The average molecular weight is 377 g/mol. The van der Waals surface area contributed by atoms with E-state index < -0.39 is 0 Å². The molecule has 0 bridgehead atoms. The molecular weight excluding hydrogens is 360 g/mol. The van der Waals surface area contributed by atoms with Crippen LogP contribution in [0.1, 0.15) is 27.1 Å². The van der Waals surface area contributed by atoms with Gasteiger partial charge >= 0.3 is 0 Å². The van der Waals surface area contributed by atoms with Gasteiger partial charge in [0.05, 0.1) is 11.3 Å². The van der Waals surface area contributed by atoms with Crippen LogP contribution in [0.4, 0.5) is 5.69 Å². The Labute approximate surface area is 142 Å². The van der Waals surface area contributed by atoms with Gasteiger partial charge in [-0.1, -0.05) is 34.1 Å². The summed E-state index contributed by atoms with van der Waals surface area (Å²) in [4.78, 5) is 24.5. The molecule has 0 spiro atoms. The predicted molar refractivity (Wildman–Crippen MR) is 92.6 cm³/mol. The number of amides is 2. The van der Waals surface area contributed by atoms with Crippen LogP contribution in [0.2, 0.25) is 0 Å². The van der Waals surface area contributed by atoms with Crippen molar-refractivity contribution >= 4 is 33.4 Å². The minimum atomic E-state index is -0.290. The van der Waals surface area contributed by atoms with Crippen molar-refractivity contribution in [2.24, 2.45) is 0 Å². The Bertz CT molecular complexity index is 704. The van der Waals surface area contributed by atoms with E-state index in [1.807, 2.05) is 6.07 Å². The van der Waals surface area contributed by atoms with Crippen LogP contribution in [0.5, 0.6) is 0 Å². The molecule has 0 saturated carbocycles. The van der Waals surface area contributed by atoms with Gasteiger partial charge < -0.3 is 15.7 Å². The number of aliphatic hydroxyl groups is 1. The van der Waals surface area contributed by atoms with Crippen LogP contribution in [-0.2, 0) is 0 Å². The fourth-order valence-electron chi connectivity index (χ4n) is 1.99. The van der Waals surface area contributed by atoms with Gasteiger partial charge in [0.2, 0.25) is 0 Å². The first-order valence-corrected chi connectivity index (χ1v) is 7.96. The van der Waals surface area contributed by atoms with Crippen LogP contribution >= 0.6 is 15.9 Å². The molecule has 6 heteroatoms. The number of hydrogen-bond acceptors (Lipinski definition) is 3. The molecule has 2 aromatic carbocycles. The fraction of sp³-hybridized carbons (Fsp3) is 0.176. The van der Waals surface area contributed by atoms with Crippen LogP contribution in [0.25, 0.3) is 0 Å². The van der Waals surface area contributed by atoms with Gasteiger partial charge in [-0.05, 0) is 36.8 Å². The molecule has 0 aliphatic carbocycles. The van der Waals surface area contributed by atoms with E-state index in [0.29, 0.717) is 29.8 Å². The summed E-state index contributed by atoms with van der Waals surface area (Å²) in [6, 6.07) is 13.8. The second kappa shape index (κ2) is 8.45. The molecule has 23 heavy (non-hydrogen) atoms. The van der Waals surface area contributed by atoms with E-state index in [2.05, 4.69) is 26.6 Å². The number of nitrogens with one attached hydrogen (secondary N) is 2. The summed E-state index contributed by atoms with van der Waals surface area (Å²) in [5.41, 5.74) is 1.32. The molecule has 5 nitrogen and oxygen atoms in total. The molecule has 120 valence electrons. The lowest BCUT2D eigenvalue weighted by Gasteiger charge is -2.11. The van der Waals surface area contributed by atoms with Crippen molar-refractivity contribution in [1.29, 1.82) is 0 Å². The predicted octanol–water partition coefficient (Wildman–Crippen LogP) is 2.81. The number of aliphatic hydroxyl groups excluding tert-OH is 1. The highest BCUT2D eigenvalue weighted by Gasteiger charge is 2.13. The zero-order valence-electron chi connectivity index (χ0n) is 12.4. The molecule has 0 aliphatic heterocycles.